The first-order valence-corrected chi connectivity index (χ1v) is 4.30. The van der Waals surface area contributed by atoms with E-state index in [0.717, 1.165) is 25.7 Å². The molecule has 0 saturated carbocycles. The highest BCUT2D eigenvalue weighted by Gasteiger charge is 2.19. The van der Waals surface area contributed by atoms with Gasteiger partial charge >= 0.3 is 0 Å². The summed E-state index contributed by atoms with van der Waals surface area (Å²) in [6.45, 7) is 11.1. The molecule has 0 fully saturated rings. The van der Waals surface area contributed by atoms with Gasteiger partial charge in [0, 0.05) is 5.54 Å². The van der Waals surface area contributed by atoms with Crippen LogP contribution in [0.25, 0.3) is 0 Å². The summed E-state index contributed by atoms with van der Waals surface area (Å²) in [6, 6.07) is 0. The Hall–Kier alpha value is -0.340. The Bertz CT molecular complexity index is 153. The van der Waals surface area contributed by atoms with E-state index in [1.807, 2.05) is 18.2 Å². The van der Waals surface area contributed by atoms with Gasteiger partial charge in [-0.05, 0) is 25.7 Å². The topological polar surface area (TPSA) is 26.0 Å². The Morgan fingerprint density at radius 3 is 1.77 bits per heavy atom. The van der Waals surface area contributed by atoms with E-state index in [1.54, 1.807) is 0 Å². The van der Waals surface area contributed by atoms with Crippen molar-refractivity contribution in [1.29, 1.82) is 0 Å². The van der Waals surface area contributed by atoms with Gasteiger partial charge in [-0.15, -0.1) is 36.7 Å². The van der Waals surface area contributed by atoms with Crippen molar-refractivity contribution >= 4 is 17.0 Å². The highest BCUT2D eigenvalue weighted by Crippen LogP contribution is 2.19. The normalized spacial score (nSPS) is 9.92. The molecule has 0 rings (SSSR count). The van der Waals surface area contributed by atoms with E-state index in [9.17, 15) is 0 Å². The molecule has 2 N–H and O–H groups in total. The van der Waals surface area contributed by atoms with E-state index >= 15 is 0 Å². The molecule has 2 heteroatoms. The predicted octanol–water partition coefficient (Wildman–Crippen LogP) is 3.38. The maximum absolute atomic E-state index is 6.11. The molecule has 0 aromatic carbocycles. The Morgan fingerprint density at radius 2 is 1.46 bits per heavy atom. The first-order valence-electron chi connectivity index (χ1n) is 4.30. The van der Waals surface area contributed by atoms with Crippen LogP contribution in [0.5, 0.6) is 0 Å². The third-order valence-corrected chi connectivity index (χ3v) is 1.95. The zero-order valence-electron chi connectivity index (χ0n) is 8.17. The molecule has 0 amide bonds. The van der Waals surface area contributed by atoms with E-state index < -0.39 is 0 Å². The minimum absolute atomic E-state index is 0. The third kappa shape index (κ3) is 6.79. The molecule has 0 aromatic heterocycles. The quantitative estimate of drug-likeness (QED) is 0.685. The highest BCUT2D eigenvalue weighted by molar-refractivity contribution is 8.93. The van der Waals surface area contributed by atoms with Gasteiger partial charge in [0.1, 0.15) is 0 Å². The molecule has 0 heterocycles. The van der Waals surface area contributed by atoms with Crippen molar-refractivity contribution in [3.8, 4) is 0 Å². The van der Waals surface area contributed by atoms with Crippen LogP contribution in [-0.2, 0) is 0 Å². The molecule has 0 bridgehead atoms. The zero-order chi connectivity index (χ0) is 9.45. The van der Waals surface area contributed by atoms with Gasteiger partial charge in [0.2, 0.25) is 0 Å². The van der Waals surface area contributed by atoms with Gasteiger partial charge in [0.15, 0.2) is 0 Å². The van der Waals surface area contributed by atoms with E-state index in [1.165, 1.54) is 0 Å². The van der Waals surface area contributed by atoms with Crippen molar-refractivity contribution in [3.63, 3.8) is 0 Å². The number of hydrogen-bond acceptors (Lipinski definition) is 1. The largest absolute Gasteiger partial charge is 0.325 e. The Balaban J connectivity index is 0. The lowest BCUT2D eigenvalue weighted by atomic mass is 9.87. The van der Waals surface area contributed by atoms with Gasteiger partial charge in [-0.1, -0.05) is 18.2 Å². The van der Waals surface area contributed by atoms with Gasteiger partial charge in [0.05, 0.1) is 0 Å². The summed E-state index contributed by atoms with van der Waals surface area (Å²) < 4.78 is 0. The minimum atomic E-state index is -0.155. The van der Waals surface area contributed by atoms with E-state index in [4.69, 9.17) is 5.73 Å². The van der Waals surface area contributed by atoms with Gasteiger partial charge < -0.3 is 5.73 Å². The van der Waals surface area contributed by atoms with Crippen LogP contribution in [0.1, 0.15) is 25.7 Å². The second-order valence-corrected chi connectivity index (χ2v) is 3.18. The molecule has 76 valence electrons. The number of nitrogens with two attached hydrogens (primary N) is 1. The summed E-state index contributed by atoms with van der Waals surface area (Å²) in [4.78, 5) is 0. The maximum Gasteiger partial charge on any atom is 0.0226 e. The SMILES string of the molecule is Br.C=CCCC(N)(CC=C)CC=C. The zero-order valence-corrected chi connectivity index (χ0v) is 9.88. The molecular formula is C11H20BrN. The van der Waals surface area contributed by atoms with Crippen molar-refractivity contribution < 1.29 is 0 Å². The molecule has 0 radical (unpaired) electrons. The Labute approximate surface area is 92.2 Å². The summed E-state index contributed by atoms with van der Waals surface area (Å²) in [5.41, 5.74) is 5.96. The predicted molar refractivity (Wildman–Crippen MR) is 66.3 cm³/mol. The second kappa shape index (κ2) is 8.27. The van der Waals surface area contributed by atoms with Crippen LogP contribution < -0.4 is 5.73 Å². The van der Waals surface area contributed by atoms with Gasteiger partial charge in [-0.25, -0.2) is 0 Å². The van der Waals surface area contributed by atoms with Crippen LogP contribution in [0.2, 0.25) is 0 Å². The van der Waals surface area contributed by atoms with Crippen LogP contribution in [0, 0.1) is 0 Å². The number of halogens is 1. The number of allylic oxidation sites excluding steroid dienone is 1. The van der Waals surface area contributed by atoms with Gasteiger partial charge in [0.25, 0.3) is 0 Å². The average Bonchev–Trinajstić information content (AvgIpc) is 2.02. The van der Waals surface area contributed by atoms with Crippen molar-refractivity contribution in [2.24, 2.45) is 5.73 Å². The molecule has 1 nitrogen and oxygen atoms in total. The van der Waals surface area contributed by atoms with E-state index in [2.05, 4.69) is 19.7 Å². The van der Waals surface area contributed by atoms with Gasteiger partial charge in [-0.3, -0.25) is 0 Å². The lowest BCUT2D eigenvalue weighted by Crippen LogP contribution is -2.38. The molecule has 0 aliphatic carbocycles. The molecule has 13 heavy (non-hydrogen) atoms. The number of rotatable bonds is 7. The smallest absolute Gasteiger partial charge is 0.0226 e. The fraction of sp³-hybridized carbons (Fsp3) is 0.455. The Kier molecular flexibility index (Phi) is 9.63. The summed E-state index contributed by atoms with van der Waals surface area (Å²) in [6.07, 6.45) is 9.22. The summed E-state index contributed by atoms with van der Waals surface area (Å²) in [7, 11) is 0. The van der Waals surface area contributed by atoms with Crippen LogP contribution in [-0.4, -0.2) is 5.54 Å². The van der Waals surface area contributed by atoms with E-state index in [-0.39, 0.29) is 22.5 Å². The summed E-state index contributed by atoms with van der Waals surface area (Å²) in [5.74, 6) is 0. The third-order valence-electron chi connectivity index (χ3n) is 1.95. The molecule has 0 atom stereocenters. The lowest BCUT2D eigenvalue weighted by molar-refractivity contribution is 0.405. The monoisotopic (exact) mass is 245 g/mol. The summed E-state index contributed by atoms with van der Waals surface area (Å²) >= 11 is 0. The molecule has 0 unspecified atom stereocenters. The molecule has 0 aromatic rings. The molecule has 0 spiro atoms. The standard InChI is InChI=1S/C11H19N.BrH/c1-4-7-10-11(12,8-5-2)9-6-3;/h4-6H,1-3,7-10,12H2;1H. The van der Waals surface area contributed by atoms with Crippen LogP contribution >= 0.6 is 17.0 Å². The molecule has 0 saturated heterocycles. The fourth-order valence-electron chi connectivity index (χ4n) is 1.25. The maximum atomic E-state index is 6.11. The number of hydrogen-bond donors (Lipinski definition) is 1. The van der Waals surface area contributed by atoms with Crippen LogP contribution in [0.15, 0.2) is 38.0 Å². The second-order valence-electron chi connectivity index (χ2n) is 3.18. The molecule has 0 aliphatic heterocycles. The van der Waals surface area contributed by atoms with Gasteiger partial charge in [-0.2, -0.15) is 0 Å². The van der Waals surface area contributed by atoms with Crippen LogP contribution in [0.4, 0.5) is 0 Å². The summed E-state index contributed by atoms with van der Waals surface area (Å²) in [5, 5.41) is 0. The average molecular weight is 246 g/mol. The van der Waals surface area contributed by atoms with Crippen molar-refractivity contribution in [3.05, 3.63) is 38.0 Å². The van der Waals surface area contributed by atoms with Crippen molar-refractivity contribution in [1.82, 2.24) is 0 Å². The fourth-order valence-corrected chi connectivity index (χ4v) is 1.25. The Morgan fingerprint density at radius 1 is 1.00 bits per heavy atom. The first-order chi connectivity index (χ1) is 5.68. The highest BCUT2D eigenvalue weighted by atomic mass is 79.9. The van der Waals surface area contributed by atoms with E-state index in [0.29, 0.717) is 0 Å². The lowest BCUT2D eigenvalue weighted by Gasteiger charge is -2.26. The molecular weight excluding hydrogens is 226 g/mol. The minimum Gasteiger partial charge on any atom is -0.325 e. The van der Waals surface area contributed by atoms with Crippen molar-refractivity contribution in [2.75, 3.05) is 0 Å². The van der Waals surface area contributed by atoms with Crippen LogP contribution in [0.3, 0.4) is 0 Å². The first kappa shape index (κ1) is 15.1. The molecule has 0 aliphatic rings. The van der Waals surface area contributed by atoms with Crippen molar-refractivity contribution in [2.45, 2.75) is 31.2 Å².